The fraction of sp³-hybridized carbons (Fsp3) is 0.417. The predicted molar refractivity (Wildman–Crippen MR) is 76.3 cm³/mol. The van der Waals surface area contributed by atoms with Crippen molar-refractivity contribution < 1.29 is 4.79 Å². The Morgan fingerprint density at radius 2 is 2.06 bits per heavy atom. The Balaban J connectivity index is 2.52. The predicted octanol–water partition coefficient (Wildman–Crippen LogP) is 3.10. The maximum atomic E-state index is 11.6. The second kappa shape index (κ2) is 6.83. The van der Waals surface area contributed by atoms with Crippen LogP contribution < -0.4 is 16.4 Å². The number of carbonyl (C=O) groups is 1. The van der Waals surface area contributed by atoms with E-state index >= 15 is 0 Å². The quantitative estimate of drug-likeness (QED) is 0.797. The first-order chi connectivity index (χ1) is 8.40. The van der Waals surface area contributed by atoms with E-state index in [-0.39, 0.29) is 12.1 Å². The number of amides is 2. The lowest BCUT2D eigenvalue weighted by molar-refractivity contribution is 0.250. The molecule has 1 aromatic rings. The van der Waals surface area contributed by atoms with E-state index in [1.807, 2.05) is 13.8 Å². The number of hydrogen-bond acceptors (Lipinski definition) is 2. The number of halogens is 2. The van der Waals surface area contributed by atoms with Crippen LogP contribution in [0.3, 0.4) is 0 Å². The lowest BCUT2D eigenvalue weighted by Gasteiger charge is -2.16. The fourth-order valence-corrected chi connectivity index (χ4v) is 1.54. The van der Waals surface area contributed by atoms with Gasteiger partial charge in [0.1, 0.15) is 0 Å². The Bertz CT molecular complexity index is 424. The van der Waals surface area contributed by atoms with Crippen molar-refractivity contribution in [2.75, 3.05) is 11.9 Å². The molecule has 1 aromatic carbocycles. The maximum absolute atomic E-state index is 11.6. The molecule has 0 fully saturated rings. The Morgan fingerprint density at radius 1 is 1.39 bits per heavy atom. The molecular formula is C12H17Cl2N3O. The molecule has 0 spiro atoms. The van der Waals surface area contributed by atoms with E-state index in [9.17, 15) is 4.79 Å². The van der Waals surface area contributed by atoms with Gasteiger partial charge in [0, 0.05) is 17.6 Å². The van der Waals surface area contributed by atoms with Gasteiger partial charge < -0.3 is 16.4 Å². The summed E-state index contributed by atoms with van der Waals surface area (Å²) in [5, 5.41) is 6.25. The highest BCUT2D eigenvalue weighted by atomic mass is 35.5. The molecule has 0 aliphatic carbocycles. The molecule has 18 heavy (non-hydrogen) atoms. The number of urea groups is 1. The normalized spacial score (nSPS) is 12.3. The van der Waals surface area contributed by atoms with Gasteiger partial charge in [-0.25, -0.2) is 4.79 Å². The highest BCUT2D eigenvalue weighted by molar-refractivity contribution is 6.35. The second-order valence-corrected chi connectivity index (χ2v) is 5.21. The van der Waals surface area contributed by atoms with Crippen LogP contribution in [0.25, 0.3) is 0 Å². The van der Waals surface area contributed by atoms with Gasteiger partial charge in [-0.3, -0.25) is 0 Å². The van der Waals surface area contributed by atoms with Gasteiger partial charge >= 0.3 is 6.03 Å². The summed E-state index contributed by atoms with van der Waals surface area (Å²) in [4.78, 5) is 11.6. The average molecular weight is 290 g/mol. The molecular weight excluding hydrogens is 273 g/mol. The zero-order chi connectivity index (χ0) is 13.7. The molecule has 0 heterocycles. The SMILES string of the molecule is CC(C)C(N)CNC(=O)Nc1cc(Cl)ccc1Cl. The minimum atomic E-state index is -0.352. The maximum Gasteiger partial charge on any atom is 0.319 e. The lowest BCUT2D eigenvalue weighted by atomic mass is 10.1. The number of hydrogen-bond donors (Lipinski definition) is 3. The number of nitrogens with two attached hydrogens (primary N) is 1. The third kappa shape index (κ3) is 4.72. The third-order valence-electron chi connectivity index (χ3n) is 2.53. The van der Waals surface area contributed by atoms with Crippen LogP contribution in [0.2, 0.25) is 10.0 Å². The van der Waals surface area contributed by atoms with Gasteiger partial charge in [-0.1, -0.05) is 37.0 Å². The smallest absolute Gasteiger partial charge is 0.319 e. The van der Waals surface area contributed by atoms with E-state index in [2.05, 4.69) is 10.6 Å². The largest absolute Gasteiger partial charge is 0.336 e. The summed E-state index contributed by atoms with van der Waals surface area (Å²) in [5.74, 6) is 0.306. The number of carbonyl (C=O) groups excluding carboxylic acids is 1. The van der Waals surface area contributed by atoms with Crippen LogP contribution in [-0.2, 0) is 0 Å². The minimum Gasteiger partial charge on any atom is -0.336 e. The monoisotopic (exact) mass is 289 g/mol. The summed E-state index contributed by atoms with van der Waals surface area (Å²) in [7, 11) is 0. The summed E-state index contributed by atoms with van der Waals surface area (Å²) in [6.45, 7) is 4.40. The van der Waals surface area contributed by atoms with Crippen molar-refractivity contribution in [1.29, 1.82) is 0 Å². The zero-order valence-corrected chi connectivity index (χ0v) is 11.8. The van der Waals surface area contributed by atoms with Crippen molar-refractivity contribution >= 4 is 34.9 Å². The van der Waals surface area contributed by atoms with Crippen molar-refractivity contribution in [3.05, 3.63) is 28.2 Å². The molecule has 0 radical (unpaired) electrons. The Kier molecular flexibility index (Phi) is 5.72. The van der Waals surface area contributed by atoms with Gasteiger partial charge in [0.25, 0.3) is 0 Å². The first-order valence-corrected chi connectivity index (χ1v) is 6.41. The average Bonchev–Trinajstić information content (AvgIpc) is 2.30. The van der Waals surface area contributed by atoms with Crippen molar-refractivity contribution in [2.45, 2.75) is 19.9 Å². The molecule has 0 aromatic heterocycles. The van der Waals surface area contributed by atoms with E-state index in [1.54, 1.807) is 18.2 Å². The van der Waals surface area contributed by atoms with Crippen LogP contribution in [0.15, 0.2) is 18.2 Å². The van der Waals surface area contributed by atoms with Crippen molar-refractivity contribution in [1.82, 2.24) is 5.32 Å². The topological polar surface area (TPSA) is 67.1 Å². The highest BCUT2D eigenvalue weighted by Gasteiger charge is 2.10. The molecule has 2 amide bonds. The molecule has 6 heteroatoms. The molecule has 100 valence electrons. The van der Waals surface area contributed by atoms with Crippen LogP contribution in [0.1, 0.15) is 13.8 Å². The van der Waals surface area contributed by atoms with E-state index in [0.29, 0.717) is 28.2 Å². The molecule has 0 saturated heterocycles. The summed E-state index contributed by atoms with van der Waals surface area (Å²) < 4.78 is 0. The van der Waals surface area contributed by atoms with Gasteiger partial charge in [0.15, 0.2) is 0 Å². The molecule has 1 atom stereocenters. The molecule has 0 saturated carbocycles. The van der Waals surface area contributed by atoms with Crippen molar-refractivity contribution in [3.8, 4) is 0 Å². The molecule has 0 aliphatic rings. The Hall–Kier alpha value is -0.970. The zero-order valence-electron chi connectivity index (χ0n) is 10.3. The molecule has 0 aliphatic heterocycles. The van der Waals surface area contributed by atoms with E-state index in [1.165, 1.54) is 0 Å². The molecule has 4 nitrogen and oxygen atoms in total. The van der Waals surface area contributed by atoms with Crippen molar-refractivity contribution in [2.24, 2.45) is 11.7 Å². The minimum absolute atomic E-state index is 0.0782. The summed E-state index contributed by atoms with van der Waals surface area (Å²) in [6, 6.07) is 4.44. The Morgan fingerprint density at radius 3 is 2.67 bits per heavy atom. The highest BCUT2D eigenvalue weighted by Crippen LogP contribution is 2.25. The van der Waals surface area contributed by atoms with Gasteiger partial charge in [-0.15, -0.1) is 0 Å². The van der Waals surface area contributed by atoms with Crippen LogP contribution in [0.4, 0.5) is 10.5 Å². The van der Waals surface area contributed by atoms with Gasteiger partial charge in [-0.2, -0.15) is 0 Å². The first kappa shape index (κ1) is 15.1. The summed E-state index contributed by atoms with van der Waals surface area (Å²) >= 11 is 11.7. The number of rotatable bonds is 4. The molecule has 4 N–H and O–H groups in total. The number of benzene rings is 1. The number of anilines is 1. The summed E-state index contributed by atoms with van der Waals surface area (Å²) in [6.07, 6.45) is 0. The standard InChI is InChI=1S/C12H17Cl2N3O/c1-7(2)10(15)6-16-12(18)17-11-5-8(13)3-4-9(11)14/h3-5,7,10H,6,15H2,1-2H3,(H2,16,17,18). The van der Waals surface area contributed by atoms with E-state index in [4.69, 9.17) is 28.9 Å². The summed E-state index contributed by atoms with van der Waals surface area (Å²) in [5.41, 5.74) is 6.29. The van der Waals surface area contributed by atoms with Gasteiger partial charge in [0.2, 0.25) is 0 Å². The van der Waals surface area contributed by atoms with Crippen LogP contribution in [0.5, 0.6) is 0 Å². The van der Waals surface area contributed by atoms with E-state index in [0.717, 1.165) is 0 Å². The van der Waals surface area contributed by atoms with Gasteiger partial charge in [-0.05, 0) is 24.1 Å². The second-order valence-electron chi connectivity index (χ2n) is 4.37. The molecule has 1 unspecified atom stereocenters. The van der Waals surface area contributed by atoms with Crippen LogP contribution in [-0.4, -0.2) is 18.6 Å². The van der Waals surface area contributed by atoms with E-state index < -0.39 is 0 Å². The third-order valence-corrected chi connectivity index (χ3v) is 3.10. The molecule has 0 bridgehead atoms. The fourth-order valence-electron chi connectivity index (χ4n) is 1.21. The van der Waals surface area contributed by atoms with Gasteiger partial charge in [0.05, 0.1) is 10.7 Å². The Labute approximate surface area is 117 Å². The van der Waals surface area contributed by atoms with Crippen LogP contribution in [0, 0.1) is 5.92 Å². The first-order valence-electron chi connectivity index (χ1n) is 5.65. The lowest BCUT2D eigenvalue weighted by Crippen LogP contribution is -2.42. The van der Waals surface area contributed by atoms with Crippen LogP contribution >= 0.6 is 23.2 Å². The number of nitrogens with one attached hydrogen (secondary N) is 2. The molecule has 1 rings (SSSR count). The van der Waals surface area contributed by atoms with Crippen molar-refractivity contribution in [3.63, 3.8) is 0 Å².